The van der Waals surface area contributed by atoms with Gasteiger partial charge in [-0.25, -0.2) is 13.5 Å². The molecule has 3 rings (SSSR count). The first-order valence-electron chi connectivity index (χ1n) is 8.38. The first-order chi connectivity index (χ1) is 12.7. The van der Waals surface area contributed by atoms with Crippen LogP contribution in [0.25, 0.3) is 0 Å². The van der Waals surface area contributed by atoms with Crippen molar-refractivity contribution < 1.29 is 17.6 Å². The van der Waals surface area contributed by atoms with E-state index in [-0.39, 0.29) is 18.8 Å². The van der Waals surface area contributed by atoms with Gasteiger partial charge in [0.15, 0.2) is 0 Å². The van der Waals surface area contributed by atoms with Crippen molar-refractivity contribution in [3.8, 4) is 0 Å². The van der Waals surface area contributed by atoms with E-state index in [2.05, 4.69) is 10.6 Å². The summed E-state index contributed by atoms with van der Waals surface area (Å²) < 4.78 is 40.7. The van der Waals surface area contributed by atoms with Gasteiger partial charge in [0, 0.05) is 25.3 Å². The Balaban J connectivity index is 1.64. The molecule has 7 nitrogen and oxygen atoms in total. The number of nitrogens with zero attached hydrogens (tertiary/aromatic N) is 2. The lowest BCUT2D eigenvalue weighted by Crippen LogP contribution is -2.41. The number of nitrogens with one attached hydrogen (secondary N) is 2. The second-order valence-electron chi connectivity index (χ2n) is 6.36. The molecule has 0 saturated heterocycles. The normalized spacial score (nSPS) is 14.8. The Bertz CT molecular complexity index is 994. The Labute approximate surface area is 158 Å². The number of amides is 2. The van der Waals surface area contributed by atoms with Gasteiger partial charge in [-0.2, -0.15) is 8.42 Å². The molecule has 0 saturated carbocycles. The summed E-state index contributed by atoms with van der Waals surface area (Å²) in [6.07, 6.45) is 0. The number of benzene rings is 2. The smallest absolute Gasteiger partial charge is 0.326 e. The summed E-state index contributed by atoms with van der Waals surface area (Å²) in [6, 6.07) is 8.91. The van der Waals surface area contributed by atoms with E-state index >= 15 is 0 Å². The van der Waals surface area contributed by atoms with Gasteiger partial charge in [-0.05, 0) is 49.2 Å². The fourth-order valence-electron chi connectivity index (χ4n) is 2.86. The molecule has 0 bridgehead atoms. The average Bonchev–Trinajstić information content (AvgIpc) is 2.78. The van der Waals surface area contributed by atoms with E-state index in [0.29, 0.717) is 11.4 Å². The molecule has 144 valence electrons. The standard InChI is InChI=1S/C18H21FN4O3S/c1-12-4-6-15(10-13(12)2)21-18(24)20-8-9-23-17-11-14(19)5-7-16(17)22(3)27(23,25)26/h4-7,10-11H,8-9H2,1-3H3,(H2,20,21,24). The summed E-state index contributed by atoms with van der Waals surface area (Å²) in [4.78, 5) is 12.0. The highest BCUT2D eigenvalue weighted by Gasteiger charge is 2.37. The molecule has 27 heavy (non-hydrogen) atoms. The monoisotopic (exact) mass is 392 g/mol. The number of aryl methyl sites for hydroxylation is 2. The van der Waals surface area contributed by atoms with E-state index < -0.39 is 22.1 Å². The first-order valence-corrected chi connectivity index (χ1v) is 9.78. The first kappa shape index (κ1) is 19.0. The van der Waals surface area contributed by atoms with Gasteiger partial charge in [0.1, 0.15) is 5.82 Å². The Morgan fingerprint density at radius 1 is 1.07 bits per heavy atom. The zero-order valence-corrected chi connectivity index (χ0v) is 16.1. The molecular weight excluding hydrogens is 371 g/mol. The minimum atomic E-state index is -3.78. The van der Waals surface area contributed by atoms with Crippen LogP contribution in [0.1, 0.15) is 11.1 Å². The Morgan fingerprint density at radius 3 is 2.52 bits per heavy atom. The molecule has 0 fully saturated rings. The Hall–Kier alpha value is -2.81. The highest BCUT2D eigenvalue weighted by molar-refractivity contribution is 7.94. The highest BCUT2D eigenvalue weighted by atomic mass is 32.2. The van der Waals surface area contributed by atoms with Gasteiger partial charge in [-0.1, -0.05) is 6.07 Å². The lowest BCUT2D eigenvalue weighted by molar-refractivity contribution is 0.252. The molecule has 2 amide bonds. The average molecular weight is 392 g/mol. The number of urea groups is 1. The van der Waals surface area contributed by atoms with Crippen molar-refractivity contribution in [1.82, 2.24) is 5.32 Å². The number of hydrogen-bond donors (Lipinski definition) is 2. The van der Waals surface area contributed by atoms with Crippen molar-refractivity contribution in [3.05, 3.63) is 53.3 Å². The van der Waals surface area contributed by atoms with Crippen LogP contribution in [0.3, 0.4) is 0 Å². The van der Waals surface area contributed by atoms with Gasteiger partial charge >= 0.3 is 16.2 Å². The maximum absolute atomic E-state index is 13.5. The number of carbonyl (C=O) groups is 1. The molecule has 2 aromatic rings. The molecule has 0 atom stereocenters. The minimum absolute atomic E-state index is 0.0104. The van der Waals surface area contributed by atoms with Gasteiger partial charge in [0.25, 0.3) is 0 Å². The number of rotatable bonds is 4. The third-order valence-electron chi connectivity index (χ3n) is 4.54. The fraction of sp³-hybridized carbons (Fsp3) is 0.278. The van der Waals surface area contributed by atoms with E-state index in [0.717, 1.165) is 19.7 Å². The summed E-state index contributed by atoms with van der Waals surface area (Å²) in [6.45, 7) is 3.99. The van der Waals surface area contributed by atoms with Crippen LogP contribution in [0, 0.1) is 19.7 Å². The number of halogens is 1. The van der Waals surface area contributed by atoms with Gasteiger partial charge in [-0.3, -0.25) is 4.31 Å². The number of hydrogen-bond acceptors (Lipinski definition) is 3. The zero-order valence-electron chi connectivity index (χ0n) is 15.3. The largest absolute Gasteiger partial charge is 0.336 e. The van der Waals surface area contributed by atoms with Gasteiger partial charge in [-0.15, -0.1) is 0 Å². The summed E-state index contributed by atoms with van der Waals surface area (Å²) >= 11 is 0. The topological polar surface area (TPSA) is 81.8 Å². The minimum Gasteiger partial charge on any atom is -0.336 e. The molecule has 1 aliphatic rings. The summed E-state index contributed by atoms with van der Waals surface area (Å²) in [5.41, 5.74) is 3.48. The van der Waals surface area contributed by atoms with E-state index in [1.165, 1.54) is 25.2 Å². The third-order valence-corrected chi connectivity index (χ3v) is 6.36. The molecule has 0 spiro atoms. The molecule has 0 aliphatic carbocycles. The van der Waals surface area contributed by atoms with Gasteiger partial charge in [0.2, 0.25) is 0 Å². The molecule has 2 N–H and O–H groups in total. The van der Waals surface area contributed by atoms with Crippen molar-refractivity contribution in [3.63, 3.8) is 0 Å². The predicted molar refractivity (Wildman–Crippen MR) is 104 cm³/mol. The number of carbonyl (C=O) groups excluding carboxylic acids is 1. The summed E-state index contributed by atoms with van der Waals surface area (Å²) in [5, 5.41) is 5.33. The van der Waals surface area contributed by atoms with Crippen LogP contribution in [0.5, 0.6) is 0 Å². The van der Waals surface area contributed by atoms with Crippen LogP contribution in [0.2, 0.25) is 0 Å². The van der Waals surface area contributed by atoms with E-state index in [4.69, 9.17) is 0 Å². The van der Waals surface area contributed by atoms with Crippen LogP contribution in [0.15, 0.2) is 36.4 Å². The van der Waals surface area contributed by atoms with Crippen molar-refractivity contribution >= 4 is 33.3 Å². The van der Waals surface area contributed by atoms with Crippen molar-refractivity contribution in [2.45, 2.75) is 13.8 Å². The third kappa shape index (κ3) is 3.68. The SMILES string of the molecule is Cc1ccc(NC(=O)NCCN2c3cc(F)ccc3N(C)S2(=O)=O)cc1C. The molecule has 0 aromatic heterocycles. The van der Waals surface area contributed by atoms with Crippen LogP contribution in [-0.4, -0.2) is 34.6 Å². The number of anilines is 3. The molecule has 1 aliphatic heterocycles. The Kier molecular flexibility index (Phi) is 4.97. The van der Waals surface area contributed by atoms with Crippen LogP contribution < -0.4 is 19.2 Å². The lowest BCUT2D eigenvalue weighted by atomic mass is 10.1. The molecule has 2 aromatic carbocycles. The second-order valence-corrected chi connectivity index (χ2v) is 8.24. The van der Waals surface area contributed by atoms with Crippen LogP contribution >= 0.6 is 0 Å². The number of fused-ring (bicyclic) bond motifs is 1. The van der Waals surface area contributed by atoms with E-state index in [1.807, 2.05) is 26.0 Å². The maximum Gasteiger partial charge on any atom is 0.326 e. The lowest BCUT2D eigenvalue weighted by Gasteiger charge is -2.19. The molecular formula is C18H21FN4O3S. The maximum atomic E-state index is 13.5. The highest BCUT2D eigenvalue weighted by Crippen LogP contribution is 2.39. The Morgan fingerprint density at radius 2 is 1.81 bits per heavy atom. The summed E-state index contributed by atoms with van der Waals surface area (Å²) in [7, 11) is -2.37. The van der Waals surface area contributed by atoms with Gasteiger partial charge < -0.3 is 10.6 Å². The molecule has 1 heterocycles. The van der Waals surface area contributed by atoms with E-state index in [9.17, 15) is 17.6 Å². The zero-order chi connectivity index (χ0) is 19.8. The van der Waals surface area contributed by atoms with Crippen LogP contribution in [-0.2, 0) is 10.2 Å². The fourth-order valence-corrected chi connectivity index (χ4v) is 4.28. The van der Waals surface area contributed by atoms with Crippen molar-refractivity contribution in [2.75, 3.05) is 34.1 Å². The van der Waals surface area contributed by atoms with Crippen LogP contribution in [0.4, 0.5) is 26.2 Å². The van der Waals surface area contributed by atoms with Crippen molar-refractivity contribution in [2.24, 2.45) is 0 Å². The molecule has 9 heteroatoms. The molecule has 0 unspecified atom stereocenters. The quantitative estimate of drug-likeness (QED) is 0.839. The van der Waals surface area contributed by atoms with Crippen molar-refractivity contribution in [1.29, 1.82) is 0 Å². The second kappa shape index (κ2) is 7.07. The van der Waals surface area contributed by atoms with E-state index in [1.54, 1.807) is 6.07 Å². The summed E-state index contributed by atoms with van der Waals surface area (Å²) in [5.74, 6) is -0.523. The molecule has 0 radical (unpaired) electrons. The van der Waals surface area contributed by atoms with Gasteiger partial charge in [0.05, 0.1) is 17.9 Å². The predicted octanol–water partition coefficient (Wildman–Crippen LogP) is 2.77.